The molecule has 0 radical (unpaired) electrons. The van der Waals surface area contributed by atoms with Crippen molar-refractivity contribution in [1.82, 2.24) is 4.57 Å². The topological polar surface area (TPSA) is 74.3 Å². The zero-order valence-corrected chi connectivity index (χ0v) is 8.45. The number of nitrogens with two attached hydrogens (primary N) is 1. The Hall–Kier alpha value is -1.78. The number of nitrogen functional groups attached to an aromatic ring is 1. The first-order chi connectivity index (χ1) is 7.15. The molecule has 5 nitrogen and oxygen atoms in total. The van der Waals surface area contributed by atoms with Crippen LogP contribution in [-0.2, 0) is 17.7 Å². The molecule has 1 aromatic heterocycles. The summed E-state index contributed by atoms with van der Waals surface area (Å²) in [4.78, 5) is 23.1. The zero-order chi connectivity index (χ0) is 11.0. The van der Waals surface area contributed by atoms with E-state index in [0.29, 0.717) is 12.1 Å². The van der Waals surface area contributed by atoms with E-state index in [2.05, 4.69) is 4.74 Å². The number of nitrogens with zero attached hydrogens (tertiary/aromatic N) is 1. The lowest BCUT2D eigenvalue weighted by Crippen LogP contribution is -2.25. The van der Waals surface area contributed by atoms with Gasteiger partial charge in [0.05, 0.1) is 18.4 Å². The molecule has 2 N–H and O–H groups in total. The number of hydrogen-bond acceptors (Lipinski definition) is 4. The van der Waals surface area contributed by atoms with Gasteiger partial charge in [0.2, 0.25) is 0 Å². The fraction of sp³-hybridized carbons (Fsp3) is 0.400. The van der Waals surface area contributed by atoms with Crippen molar-refractivity contribution in [3.63, 3.8) is 0 Å². The minimum atomic E-state index is -0.438. The van der Waals surface area contributed by atoms with Crippen molar-refractivity contribution in [2.75, 3.05) is 12.8 Å². The Bertz CT molecular complexity index is 476. The van der Waals surface area contributed by atoms with Crippen LogP contribution in [0.4, 0.5) is 5.69 Å². The van der Waals surface area contributed by atoms with E-state index in [-0.39, 0.29) is 11.2 Å². The number of aromatic nitrogens is 1. The fourth-order valence-corrected chi connectivity index (χ4v) is 1.92. The molecule has 80 valence electrons. The zero-order valence-electron chi connectivity index (χ0n) is 8.45. The van der Waals surface area contributed by atoms with Crippen molar-refractivity contribution in [3.05, 3.63) is 27.7 Å². The van der Waals surface area contributed by atoms with Crippen molar-refractivity contribution in [2.45, 2.75) is 19.4 Å². The molecule has 0 amide bonds. The van der Waals surface area contributed by atoms with Crippen LogP contribution in [-0.4, -0.2) is 17.6 Å². The maximum absolute atomic E-state index is 11.6. The lowest BCUT2D eigenvalue weighted by atomic mass is 10.1. The van der Waals surface area contributed by atoms with Gasteiger partial charge in [0.15, 0.2) is 0 Å². The maximum Gasteiger partial charge on any atom is 0.339 e. The Morgan fingerprint density at radius 3 is 3.00 bits per heavy atom. The summed E-state index contributed by atoms with van der Waals surface area (Å²) in [6, 6.07) is 1.41. The number of rotatable bonds is 1. The highest BCUT2D eigenvalue weighted by molar-refractivity contribution is 5.91. The number of esters is 1. The standard InChI is InChI=1S/C10H12N2O3/c1-15-10(14)6-5-7(11)9(13)12-4-2-3-8(6)12/h5H,2-4,11H2,1H3. The van der Waals surface area contributed by atoms with Crippen LogP contribution in [0.1, 0.15) is 22.5 Å². The second-order valence-electron chi connectivity index (χ2n) is 3.51. The molecule has 0 saturated carbocycles. The molecule has 5 heteroatoms. The molecule has 0 bridgehead atoms. The second kappa shape index (κ2) is 3.42. The highest BCUT2D eigenvalue weighted by atomic mass is 16.5. The van der Waals surface area contributed by atoms with Gasteiger partial charge >= 0.3 is 5.97 Å². The first-order valence-electron chi connectivity index (χ1n) is 4.75. The van der Waals surface area contributed by atoms with Crippen molar-refractivity contribution < 1.29 is 9.53 Å². The monoisotopic (exact) mass is 208 g/mol. The summed E-state index contributed by atoms with van der Waals surface area (Å²) in [5.74, 6) is -0.438. The van der Waals surface area contributed by atoms with Gasteiger partial charge in [-0.2, -0.15) is 0 Å². The summed E-state index contributed by atoms with van der Waals surface area (Å²) in [6.07, 6.45) is 1.59. The molecule has 0 fully saturated rings. The van der Waals surface area contributed by atoms with E-state index < -0.39 is 5.97 Å². The van der Waals surface area contributed by atoms with Crippen LogP contribution in [0.5, 0.6) is 0 Å². The van der Waals surface area contributed by atoms with Gasteiger partial charge in [-0.1, -0.05) is 0 Å². The van der Waals surface area contributed by atoms with Crippen LogP contribution in [0.3, 0.4) is 0 Å². The van der Waals surface area contributed by atoms with E-state index in [1.54, 1.807) is 4.57 Å². The third kappa shape index (κ3) is 1.40. The minimum Gasteiger partial charge on any atom is -0.465 e. The van der Waals surface area contributed by atoms with Crippen LogP contribution in [0.2, 0.25) is 0 Å². The van der Waals surface area contributed by atoms with Gasteiger partial charge in [0.1, 0.15) is 0 Å². The van der Waals surface area contributed by atoms with E-state index in [9.17, 15) is 9.59 Å². The predicted octanol–water partition coefficient (Wildman–Crippen LogP) is 0.163. The maximum atomic E-state index is 11.6. The SMILES string of the molecule is COC(=O)c1cc(N)c(=O)n2c1CCC2. The van der Waals surface area contributed by atoms with Crippen LogP contribution in [0.15, 0.2) is 10.9 Å². The molecule has 15 heavy (non-hydrogen) atoms. The minimum absolute atomic E-state index is 0.0982. The number of ether oxygens (including phenoxy) is 1. The summed E-state index contributed by atoms with van der Waals surface area (Å²) in [5, 5.41) is 0. The van der Waals surface area contributed by atoms with E-state index in [1.165, 1.54) is 13.2 Å². The molecule has 1 aliphatic rings. The number of hydrogen-bond donors (Lipinski definition) is 1. The number of methoxy groups -OCH3 is 1. The highest BCUT2D eigenvalue weighted by Crippen LogP contribution is 2.19. The van der Waals surface area contributed by atoms with Crippen molar-refractivity contribution in [3.8, 4) is 0 Å². The van der Waals surface area contributed by atoms with Crippen molar-refractivity contribution >= 4 is 11.7 Å². The van der Waals surface area contributed by atoms with Crippen LogP contribution in [0, 0.1) is 0 Å². The Morgan fingerprint density at radius 1 is 1.60 bits per heavy atom. The first-order valence-corrected chi connectivity index (χ1v) is 4.75. The number of carbonyl (C=O) groups excluding carboxylic acids is 1. The first kappa shape index (κ1) is 9.76. The Balaban J connectivity index is 2.67. The molecule has 1 aromatic rings. The number of carbonyl (C=O) groups is 1. The van der Waals surface area contributed by atoms with Gasteiger partial charge in [-0.15, -0.1) is 0 Å². The third-order valence-corrected chi connectivity index (χ3v) is 2.63. The number of fused-ring (bicyclic) bond motifs is 1. The lowest BCUT2D eigenvalue weighted by Gasteiger charge is -2.09. The predicted molar refractivity (Wildman–Crippen MR) is 54.8 cm³/mol. The van der Waals surface area contributed by atoms with E-state index in [1.807, 2.05) is 0 Å². The lowest BCUT2D eigenvalue weighted by molar-refractivity contribution is 0.0598. The largest absolute Gasteiger partial charge is 0.465 e. The van der Waals surface area contributed by atoms with Crippen LogP contribution < -0.4 is 11.3 Å². The summed E-state index contributed by atoms with van der Waals surface area (Å²) >= 11 is 0. The fourth-order valence-electron chi connectivity index (χ4n) is 1.92. The molecule has 2 rings (SSSR count). The second-order valence-corrected chi connectivity index (χ2v) is 3.51. The van der Waals surface area contributed by atoms with Gasteiger partial charge in [0.25, 0.3) is 5.56 Å². The van der Waals surface area contributed by atoms with Gasteiger partial charge in [-0.3, -0.25) is 4.79 Å². The van der Waals surface area contributed by atoms with E-state index in [4.69, 9.17) is 5.73 Å². The molecule has 0 atom stereocenters. The van der Waals surface area contributed by atoms with E-state index in [0.717, 1.165) is 18.5 Å². The molecule has 0 saturated heterocycles. The number of anilines is 1. The summed E-state index contributed by atoms with van der Waals surface area (Å²) in [7, 11) is 1.32. The Labute approximate surface area is 86.5 Å². The smallest absolute Gasteiger partial charge is 0.339 e. The van der Waals surface area contributed by atoms with Gasteiger partial charge < -0.3 is 15.0 Å². The summed E-state index contributed by atoms with van der Waals surface area (Å²) < 4.78 is 6.20. The van der Waals surface area contributed by atoms with Crippen LogP contribution >= 0.6 is 0 Å². The van der Waals surface area contributed by atoms with Gasteiger partial charge in [-0.05, 0) is 18.9 Å². The molecule has 0 unspecified atom stereocenters. The molecular formula is C10H12N2O3. The van der Waals surface area contributed by atoms with Gasteiger partial charge in [-0.25, -0.2) is 4.79 Å². The molecule has 1 aliphatic heterocycles. The average Bonchev–Trinajstić information content (AvgIpc) is 2.71. The summed E-state index contributed by atoms with van der Waals surface area (Å²) in [5.41, 5.74) is 6.58. The number of pyridine rings is 1. The molecule has 2 heterocycles. The molecule has 0 aromatic carbocycles. The average molecular weight is 208 g/mol. The van der Waals surface area contributed by atoms with Crippen LogP contribution in [0.25, 0.3) is 0 Å². The van der Waals surface area contributed by atoms with Gasteiger partial charge in [0, 0.05) is 12.2 Å². The molecular weight excluding hydrogens is 196 g/mol. The molecule has 0 aliphatic carbocycles. The van der Waals surface area contributed by atoms with E-state index >= 15 is 0 Å². The Kier molecular flexibility index (Phi) is 2.22. The summed E-state index contributed by atoms with van der Waals surface area (Å²) in [6.45, 7) is 0.628. The molecule has 0 spiro atoms. The third-order valence-electron chi connectivity index (χ3n) is 2.63. The Morgan fingerprint density at radius 2 is 2.33 bits per heavy atom. The van der Waals surface area contributed by atoms with Crippen molar-refractivity contribution in [2.24, 2.45) is 0 Å². The van der Waals surface area contributed by atoms with Crippen molar-refractivity contribution in [1.29, 1.82) is 0 Å². The highest BCUT2D eigenvalue weighted by Gasteiger charge is 2.22. The normalized spacial score (nSPS) is 13.7. The quantitative estimate of drug-likeness (QED) is 0.667.